The molecule has 0 saturated heterocycles. The zero-order valence-corrected chi connectivity index (χ0v) is 8.25. The van der Waals surface area contributed by atoms with Gasteiger partial charge in [0.1, 0.15) is 0 Å². The van der Waals surface area contributed by atoms with E-state index in [1.807, 2.05) is 0 Å². The van der Waals surface area contributed by atoms with Gasteiger partial charge in [0.2, 0.25) is 0 Å². The Morgan fingerprint density at radius 3 is 2.73 bits per heavy atom. The molecular formula is C7H6BrFOS. The third-order valence-corrected chi connectivity index (χ3v) is 2.66. The predicted molar refractivity (Wildman–Crippen MR) is 47.9 cm³/mol. The topological polar surface area (TPSA) is 9.23 Å². The lowest BCUT2D eigenvalue weighted by Gasteiger charge is -2.04. The maximum atomic E-state index is 13.0. The number of methoxy groups -OCH3 is 1. The van der Waals surface area contributed by atoms with Crippen molar-refractivity contribution < 1.29 is 9.13 Å². The molecule has 1 aromatic carbocycles. The Morgan fingerprint density at radius 1 is 1.55 bits per heavy atom. The predicted octanol–water partition coefficient (Wildman–Crippen LogP) is 2.89. The number of rotatable bonds is 1. The van der Waals surface area contributed by atoms with Crippen molar-refractivity contribution in [3.05, 3.63) is 22.4 Å². The molecule has 0 bridgehead atoms. The molecule has 60 valence electrons. The van der Waals surface area contributed by atoms with Crippen LogP contribution >= 0.6 is 28.6 Å². The molecule has 0 N–H and O–H groups in total. The molecule has 0 saturated carbocycles. The quantitative estimate of drug-likeness (QED) is 0.739. The van der Waals surface area contributed by atoms with Gasteiger partial charge in [0.25, 0.3) is 0 Å². The lowest BCUT2D eigenvalue weighted by atomic mass is 10.3. The number of ether oxygens (including phenoxy) is 1. The Hall–Kier alpha value is -0.220. The summed E-state index contributed by atoms with van der Waals surface area (Å²) in [7, 11) is 1.42. The first-order valence-electron chi connectivity index (χ1n) is 2.87. The molecule has 1 nitrogen and oxygen atoms in total. The molecule has 11 heavy (non-hydrogen) atoms. The molecule has 0 aromatic heterocycles. The SMILES string of the molecule is COc1ccc(Br)c(S)c1F. The molecule has 0 aliphatic heterocycles. The van der Waals surface area contributed by atoms with Gasteiger partial charge in [-0.25, -0.2) is 4.39 Å². The summed E-state index contributed by atoms with van der Waals surface area (Å²) in [5, 5.41) is 0. The summed E-state index contributed by atoms with van der Waals surface area (Å²) >= 11 is 7.07. The first-order valence-corrected chi connectivity index (χ1v) is 4.11. The number of hydrogen-bond acceptors (Lipinski definition) is 2. The zero-order chi connectivity index (χ0) is 8.43. The number of halogens is 2. The molecule has 0 aliphatic rings. The van der Waals surface area contributed by atoms with Gasteiger partial charge in [-0.3, -0.25) is 0 Å². The van der Waals surface area contributed by atoms with Crippen LogP contribution in [0.2, 0.25) is 0 Å². The average molecular weight is 237 g/mol. The zero-order valence-electron chi connectivity index (χ0n) is 5.77. The molecule has 4 heteroatoms. The molecule has 0 radical (unpaired) electrons. The summed E-state index contributed by atoms with van der Waals surface area (Å²) < 4.78 is 18.4. The standard InChI is InChI=1S/C7H6BrFOS/c1-10-5-3-2-4(8)7(11)6(5)9/h2-3,11H,1H3. The van der Waals surface area contributed by atoms with Crippen molar-refractivity contribution in [2.45, 2.75) is 4.90 Å². The smallest absolute Gasteiger partial charge is 0.179 e. The highest BCUT2D eigenvalue weighted by molar-refractivity contribution is 9.10. The summed E-state index contributed by atoms with van der Waals surface area (Å²) in [6, 6.07) is 3.23. The fraction of sp³-hybridized carbons (Fsp3) is 0.143. The van der Waals surface area contributed by atoms with E-state index < -0.39 is 5.82 Å². The number of benzene rings is 1. The molecule has 0 atom stereocenters. The average Bonchev–Trinajstić information content (AvgIpc) is 2.01. The molecule has 1 aromatic rings. The molecule has 0 amide bonds. The van der Waals surface area contributed by atoms with Gasteiger partial charge in [0.05, 0.1) is 12.0 Å². The van der Waals surface area contributed by atoms with Crippen molar-refractivity contribution in [3.63, 3.8) is 0 Å². The highest BCUT2D eigenvalue weighted by atomic mass is 79.9. The van der Waals surface area contributed by atoms with Crippen LogP contribution in [0.25, 0.3) is 0 Å². The summed E-state index contributed by atoms with van der Waals surface area (Å²) in [6.07, 6.45) is 0. The maximum absolute atomic E-state index is 13.0. The monoisotopic (exact) mass is 236 g/mol. The van der Waals surface area contributed by atoms with Gasteiger partial charge in [-0.15, -0.1) is 12.6 Å². The third-order valence-electron chi connectivity index (χ3n) is 1.25. The minimum atomic E-state index is -0.440. The Kier molecular flexibility index (Phi) is 2.78. The van der Waals surface area contributed by atoms with Crippen LogP contribution in [0.3, 0.4) is 0 Å². The normalized spacial score (nSPS) is 9.82. The van der Waals surface area contributed by atoms with E-state index in [1.54, 1.807) is 12.1 Å². The molecular weight excluding hydrogens is 231 g/mol. The van der Waals surface area contributed by atoms with Crippen LogP contribution in [-0.2, 0) is 0 Å². The fourth-order valence-corrected chi connectivity index (χ4v) is 1.17. The van der Waals surface area contributed by atoms with Crippen molar-refractivity contribution in [2.75, 3.05) is 7.11 Å². The minimum absolute atomic E-state index is 0.207. The molecule has 0 fully saturated rings. The molecule has 0 unspecified atom stereocenters. The van der Waals surface area contributed by atoms with Gasteiger partial charge >= 0.3 is 0 Å². The van der Waals surface area contributed by atoms with Crippen LogP contribution < -0.4 is 4.74 Å². The van der Waals surface area contributed by atoms with E-state index >= 15 is 0 Å². The highest BCUT2D eigenvalue weighted by Gasteiger charge is 2.08. The molecule has 1 rings (SSSR count). The van der Waals surface area contributed by atoms with Crippen molar-refractivity contribution >= 4 is 28.6 Å². The Morgan fingerprint density at radius 2 is 2.18 bits per heavy atom. The lowest BCUT2D eigenvalue weighted by molar-refractivity contribution is 0.381. The van der Waals surface area contributed by atoms with Gasteiger partial charge in [0, 0.05) is 4.47 Å². The second-order valence-electron chi connectivity index (χ2n) is 1.91. The largest absolute Gasteiger partial charge is 0.494 e. The van der Waals surface area contributed by atoms with Crippen molar-refractivity contribution in [1.82, 2.24) is 0 Å². The van der Waals surface area contributed by atoms with E-state index in [2.05, 4.69) is 28.6 Å². The Bertz CT molecular complexity index is 277. The summed E-state index contributed by atoms with van der Waals surface area (Å²) in [6.45, 7) is 0. The maximum Gasteiger partial charge on any atom is 0.179 e. The van der Waals surface area contributed by atoms with Crippen molar-refractivity contribution in [2.24, 2.45) is 0 Å². The number of hydrogen-bond donors (Lipinski definition) is 1. The van der Waals surface area contributed by atoms with Crippen molar-refractivity contribution in [1.29, 1.82) is 0 Å². The van der Waals surface area contributed by atoms with E-state index in [0.717, 1.165) is 0 Å². The van der Waals surface area contributed by atoms with Gasteiger partial charge in [-0.05, 0) is 28.1 Å². The van der Waals surface area contributed by atoms with Gasteiger partial charge in [-0.2, -0.15) is 0 Å². The second kappa shape index (κ2) is 3.45. The Labute approximate surface area is 78.1 Å². The first kappa shape index (κ1) is 8.87. The van der Waals surface area contributed by atoms with E-state index in [9.17, 15) is 4.39 Å². The van der Waals surface area contributed by atoms with E-state index in [-0.39, 0.29) is 10.6 Å². The van der Waals surface area contributed by atoms with E-state index in [4.69, 9.17) is 4.74 Å². The van der Waals surface area contributed by atoms with Gasteiger partial charge in [0.15, 0.2) is 11.6 Å². The summed E-state index contributed by atoms with van der Waals surface area (Å²) in [4.78, 5) is 0.268. The van der Waals surface area contributed by atoms with Crippen LogP contribution in [0.1, 0.15) is 0 Å². The lowest BCUT2D eigenvalue weighted by Crippen LogP contribution is -1.89. The summed E-state index contributed by atoms with van der Waals surface area (Å²) in [5.41, 5.74) is 0. The Balaban J connectivity index is 3.25. The van der Waals surface area contributed by atoms with Crippen LogP contribution in [0, 0.1) is 5.82 Å². The van der Waals surface area contributed by atoms with Crippen LogP contribution in [0.4, 0.5) is 4.39 Å². The molecule has 0 heterocycles. The van der Waals surface area contributed by atoms with Gasteiger partial charge in [-0.1, -0.05) is 0 Å². The first-order chi connectivity index (χ1) is 5.16. The van der Waals surface area contributed by atoms with Crippen LogP contribution in [-0.4, -0.2) is 7.11 Å². The summed E-state index contributed by atoms with van der Waals surface area (Å²) in [5.74, 6) is -0.233. The van der Waals surface area contributed by atoms with E-state index in [0.29, 0.717) is 4.47 Å². The molecule has 0 aliphatic carbocycles. The fourth-order valence-electron chi connectivity index (χ4n) is 0.680. The highest BCUT2D eigenvalue weighted by Crippen LogP contribution is 2.29. The van der Waals surface area contributed by atoms with E-state index in [1.165, 1.54) is 7.11 Å². The van der Waals surface area contributed by atoms with Crippen molar-refractivity contribution in [3.8, 4) is 5.75 Å². The minimum Gasteiger partial charge on any atom is -0.494 e. The van der Waals surface area contributed by atoms with Gasteiger partial charge < -0.3 is 4.74 Å². The third kappa shape index (κ3) is 1.68. The van der Waals surface area contributed by atoms with Crippen LogP contribution in [0.5, 0.6) is 5.75 Å². The van der Waals surface area contributed by atoms with Crippen LogP contribution in [0.15, 0.2) is 21.5 Å². The molecule has 0 spiro atoms. The number of thiol groups is 1. The second-order valence-corrected chi connectivity index (χ2v) is 3.21.